The summed E-state index contributed by atoms with van der Waals surface area (Å²) in [6, 6.07) is -0.324. The fraction of sp³-hybridized carbons (Fsp3) is 0.900. The molecule has 18 heavy (non-hydrogen) atoms. The molecule has 0 radical (unpaired) electrons. The second-order valence-corrected chi connectivity index (χ2v) is 5.64. The first-order valence-corrected chi connectivity index (χ1v) is 7.15. The van der Waals surface area contributed by atoms with E-state index in [0.29, 0.717) is 13.2 Å². The van der Waals surface area contributed by atoms with Crippen molar-refractivity contribution < 1.29 is 22.7 Å². The van der Waals surface area contributed by atoms with Crippen LogP contribution in [0.25, 0.3) is 0 Å². The highest BCUT2D eigenvalue weighted by Crippen LogP contribution is 1.99. The van der Waals surface area contributed by atoms with Crippen LogP contribution in [-0.4, -0.2) is 58.7 Å². The molecular weight excluding hydrogens is 260 g/mol. The van der Waals surface area contributed by atoms with E-state index in [2.05, 4.69) is 9.46 Å². The number of nitrogens with one attached hydrogen (secondary N) is 1. The Morgan fingerprint density at radius 3 is 2.56 bits per heavy atom. The molecule has 1 atom stereocenters. The number of hydrogen-bond acceptors (Lipinski definition) is 5. The fourth-order valence-corrected chi connectivity index (χ4v) is 2.23. The van der Waals surface area contributed by atoms with Gasteiger partial charge in [-0.15, -0.1) is 0 Å². The molecule has 8 heteroatoms. The standard InChI is InChI=1S/C10H22N2O5S/c1-5-17-8-9(2)11-18(14,15)12(3)7-6-10(13)16-4/h9,11H,5-8H2,1-4H3. The molecule has 0 aliphatic heterocycles. The molecule has 108 valence electrons. The predicted octanol–water partition coefficient (Wildman–Crippen LogP) is -0.259. The van der Waals surface area contributed by atoms with Crippen molar-refractivity contribution in [1.82, 2.24) is 9.03 Å². The average Bonchev–Trinajstić information content (AvgIpc) is 2.32. The molecular formula is C10H22N2O5S. The van der Waals surface area contributed by atoms with Gasteiger partial charge in [0, 0.05) is 26.2 Å². The summed E-state index contributed by atoms with van der Waals surface area (Å²) in [6.45, 7) is 4.46. The van der Waals surface area contributed by atoms with Gasteiger partial charge in [-0.25, -0.2) is 0 Å². The highest BCUT2D eigenvalue weighted by molar-refractivity contribution is 7.87. The summed E-state index contributed by atoms with van der Waals surface area (Å²) in [5.41, 5.74) is 0. The van der Waals surface area contributed by atoms with Crippen LogP contribution in [0.2, 0.25) is 0 Å². The number of carbonyl (C=O) groups excluding carboxylic acids is 1. The van der Waals surface area contributed by atoms with Crippen LogP contribution in [0.5, 0.6) is 0 Å². The quantitative estimate of drug-likeness (QED) is 0.589. The second-order valence-electron chi connectivity index (χ2n) is 3.83. The summed E-state index contributed by atoms with van der Waals surface area (Å²) in [5, 5.41) is 0. The van der Waals surface area contributed by atoms with Gasteiger partial charge in [0.1, 0.15) is 0 Å². The number of rotatable bonds is 9. The van der Waals surface area contributed by atoms with Gasteiger partial charge in [-0.05, 0) is 13.8 Å². The zero-order valence-corrected chi connectivity index (χ0v) is 12.1. The first-order valence-electron chi connectivity index (χ1n) is 5.71. The minimum atomic E-state index is -3.60. The lowest BCUT2D eigenvalue weighted by Gasteiger charge is -2.20. The molecule has 0 aromatic heterocycles. The van der Waals surface area contributed by atoms with Gasteiger partial charge in [0.2, 0.25) is 0 Å². The Morgan fingerprint density at radius 2 is 2.06 bits per heavy atom. The van der Waals surface area contributed by atoms with E-state index >= 15 is 0 Å². The van der Waals surface area contributed by atoms with Crippen LogP contribution in [0, 0.1) is 0 Å². The Bertz CT molecular complexity index is 344. The van der Waals surface area contributed by atoms with Crippen molar-refractivity contribution in [2.24, 2.45) is 0 Å². The van der Waals surface area contributed by atoms with E-state index in [-0.39, 0.29) is 19.0 Å². The lowest BCUT2D eigenvalue weighted by atomic mass is 10.4. The van der Waals surface area contributed by atoms with E-state index in [0.717, 1.165) is 4.31 Å². The zero-order chi connectivity index (χ0) is 14.2. The average molecular weight is 282 g/mol. The van der Waals surface area contributed by atoms with Gasteiger partial charge in [-0.2, -0.15) is 17.4 Å². The number of nitrogens with zero attached hydrogens (tertiary/aromatic N) is 1. The van der Waals surface area contributed by atoms with Crippen LogP contribution >= 0.6 is 0 Å². The molecule has 1 N–H and O–H groups in total. The first kappa shape index (κ1) is 17.3. The maximum absolute atomic E-state index is 11.8. The van der Waals surface area contributed by atoms with Gasteiger partial charge >= 0.3 is 5.97 Å². The van der Waals surface area contributed by atoms with Crippen LogP contribution in [0.15, 0.2) is 0 Å². The molecule has 0 rings (SSSR count). The maximum atomic E-state index is 11.8. The van der Waals surface area contributed by atoms with Crippen molar-refractivity contribution >= 4 is 16.2 Å². The minimum absolute atomic E-state index is 0.0216. The van der Waals surface area contributed by atoms with Crippen molar-refractivity contribution in [3.05, 3.63) is 0 Å². The van der Waals surface area contributed by atoms with E-state index in [1.807, 2.05) is 6.92 Å². The smallest absolute Gasteiger partial charge is 0.306 e. The van der Waals surface area contributed by atoms with Gasteiger partial charge in [-0.1, -0.05) is 0 Å². The highest BCUT2D eigenvalue weighted by Gasteiger charge is 2.20. The summed E-state index contributed by atoms with van der Waals surface area (Å²) >= 11 is 0. The predicted molar refractivity (Wildman–Crippen MR) is 67.3 cm³/mol. The minimum Gasteiger partial charge on any atom is -0.469 e. The molecule has 0 fully saturated rings. The Hall–Kier alpha value is -0.700. The molecule has 0 aliphatic rings. The van der Waals surface area contributed by atoms with E-state index in [4.69, 9.17) is 4.74 Å². The van der Waals surface area contributed by atoms with E-state index in [1.54, 1.807) is 6.92 Å². The van der Waals surface area contributed by atoms with Crippen molar-refractivity contribution in [3.63, 3.8) is 0 Å². The Balaban J connectivity index is 4.22. The lowest BCUT2D eigenvalue weighted by molar-refractivity contribution is -0.140. The van der Waals surface area contributed by atoms with E-state index < -0.39 is 16.2 Å². The molecule has 7 nitrogen and oxygen atoms in total. The molecule has 0 bridgehead atoms. The van der Waals surface area contributed by atoms with Gasteiger partial charge < -0.3 is 9.47 Å². The summed E-state index contributed by atoms with van der Waals surface area (Å²) < 4.78 is 36.7. The molecule has 0 aromatic carbocycles. The van der Waals surface area contributed by atoms with Crippen LogP contribution in [-0.2, 0) is 24.5 Å². The first-order chi connectivity index (χ1) is 8.33. The number of methoxy groups -OCH3 is 1. The van der Waals surface area contributed by atoms with Crippen LogP contribution in [0.3, 0.4) is 0 Å². The third-order valence-electron chi connectivity index (χ3n) is 2.19. The van der Waals surface area contributed by atoms with Gasteiger partial charge in [0.15, 0.2) is 0 Å². The van der Waals surface area contributed by atoms with Crippen molar-refractivity contribution in [1.29, 1.82) is 0 Å². The van der Waals surface area contributed by atoms with Crippen LogP contribution in [0.1, 0.15) is 20.3 Å². The third-order valence-corrected chi connectivity index (χ3v) is 3.89. The molecule has 0 amide bonds. The summed E-state index contributed by atoms with van der Waals surface area (Å²) in [4.78, 5) is 10.9. The van der Waals surface area contributed by atoms with Crippen LogP contribution in [0.4, 0.5) is 0 Å². The molecule has 0 heterocycles. The van der Waals surface area contributed by atoms with E-state index in [1.165, 1.54) is 14.2 Å². The van der Waals surface area contributed by atoms with Crippen LogP contribution < -0.4 is 4.72 Å². The van der Waals surface area contributed by atoms with Gasteiger partial charge in [-0.3, -0.25) is 4.79 Å². The number of carbonyl (C=O) groups is 1. The topological polar surface area (TPSA) is 84.9 Å². The fourth-order valence-electron chi connectivity index (χ4n) is 1.14. The van der Waals surface area contributed by atoms with Crippen molar-refractivity contribution in [2.45, 2.75) is 26.3 Å². The molecule has 0 aromatic rings. The molecule has 0 saturated carbocycles. The second kappa shape index (κ2) is 8.41. The molecule has 0 spiro atoms. The van der Waals surface area contributed by atoms with Crippen molar-refractivity contribution in [2.75, 3.05) is 33.9 Å². The molecule has 1 unspecified atom stereocenters. The van der Waals surface area contributed by atoms with Gasteiger partial charge in [0.05, 0.1) is 20.1 Å². The number of esters is 1. The molecule has 0 saturated heterocycles. The lowest BCUT2D eigenvalue weighted by Crippen LogP contribution is -2.44. The Morgan fingerprint density at radius 1 is 1.44 bits per heavy atom. The van der Waals surface area contributed by atoms with E-state index in [9.17, 15) is 13.2 Å². The summed E-state index contributed by atoms with van der Waals surface area (Å²) in [6.07, 6.45) is 0.0216. The summed E-state index contributed by atoms with van der Waals surface area (Å²) in [5.74, 6) is -0.445. The Labute approximate surface area is 109 Å². The molecule has 0 aliphatic carbocycles. The normalized spacial score (nSPS) is 13.6. The zero-order valence-electron chi connectivity index (χ0n) is 11.3. The number of ether oxygens (including phenoxy) is 2. The monoisotopic (exact) mass is 282 g/mol. The Kier molecular flexibility index (Phi) is 8.08. The largest absolute Gasteiger partial charge is 0.469 e. The maximum Gasteiger partial charge on any atom is 0.306 e. The SMILES string of the molecule is CCOCC(C)NS(=O)(=O)N(C)CCC(=O)OC. The highest BCUT2D eigenvalue weighted by atomic mass is 32.2. The third kappa shape index (κ3) is 6.90. The van der Waals surface area contributed by atoms with Gasteiger partial charge in [0.25, 0.3) is 10.2 Å². The summed E-state index contributed by atoms with van der Waals surface area (Å²) in [7, 11) is -0.934. The van der Waals surface area contributed by atoms with Crippen molar-refractivity contribution in [3.8, 4) is 0 Å². The number of hydrogen-bond donors (Lipinski definition) is 1.